The van der Waals surface area contributed by atoms with E-state index in [9.17, 15) is 0 Å². The predicted molar refractivity (Wildman–Crippen MR) is 57.9 cm³/mol. The van der Waals surface area contributed by atoms with Gasteiger partial charge < -0.3 is 15.5 Å². The maximum atomic E-state index is 5.62. The minimum absolute atomic E-state index is 0.659. The smallest absolute Gasteiger partial charge is 0.0947 e. The van der Waals surface area contributed by atoms with Crippen LogP contribution in [0.4, 0.5) is 0 Å². The molecule has 1 aromatic heterocycles. The molecule has 1 atom stereocenters. The van der Waals surface area contributed by atoms with Crippen molar-refractivity contribution in [1.29, 1.82) is 0 Å². The highest BCUT2D eigenvalue weighted by atomic mass is 16.3. The fourth-order valence-corrected chi connectivity index (χ4v) is 1.42. The predicted octanol–water partition coefficient (Wildman–Crippen LogP) is 1.74. The second-order valence-corrected chi connectivity index (χ2v) is 3.61. The van der Waals surface area contributed by atoms with Crippen LogP contribution in [0.2, 0.25) is 0 Å². The van der Waals surface area contributed by atoms with Crippen molar-refractivity contribution in [3.63, 3.8) is 0 Å². The van der Waals surface area contributed by atoms with Crippen molar-refractivity contribution in [1.82, 2.24) is 5.32 Å². The molecular weight excluding hydrogens is 176 g/mol. The zero-order valence-corrected chi connectivity index (χ0v) is 8.83. The highest BCUT2D eigenvalue weighted by Gasteiger charge is 2.02. The third-order valence-electron chi connectivity index (χ3n) is 2.55. The maximum Gasteiger partial charge on any atom is 0.0947 e. The molecule has 0 spiro atoms. The van der Waals surface area contributed by atoms with E-state index in [2.05, 4.69) is 12.2 Å². The highest BCUT2D eigenvalue weighted by molar-refractivity contribution is 5.04. The Balaban J connectivity index is 2.04. The molecule has 0 radical (unpaired) electrons. The molecule has 1 rings (SSSR count). The summed E-state index contributed by atoms with van der Waals surface area (Å²) in [5.74, 6) is 0.659. The first kappa shape index (κ1) is 11.3. The molecule has 0 aromatic carbocycles. The molecule has 1 heterocycles. The third kappa shape index (κ3) is 3.94. The molecule has 3 nitrogen and oxygen atoms in total. The molecule has 3 N–H and O–H groups in total. The zero-order chi connectivity index (χ0) is 10.2. The van der Waals surface area contributed by atoms with Crippen molar-refractivity contribution in [2.75, 3.05) is 13.1 Å². The molecule has 0 aliphatic carbocycles. The highest BCUT2D eigenvalue weighted by Crippen LogP contribution is 2.05. The summed E-state index contributed by atoms with van der Waals surface area (Å²) in [7, 11) is 0. The van der Waals surface area contributed by atoms with E-state index in [4.69, 9.17) is 10.2 Å². The van der Waals surface area contributed by atoms with Crippen LogP contribution in [0, 0.1) is 5.92 Å². The number of hydrogen-bond acceptors (Lipinski definition) is 3. The molecule has 14 heavy (non-hydrogen) atoms. The van der Waals surface area contributed by atoms with Crippen molar-refractivity contribution in [3.8, 4) is 0 Å². The van der Waals surface area contributed by atoms with Crippen LogP contribution >= 0.6 is 0 Å². The molecule has 0 saturated heterocycles. The molecule has 0 amide bonds. The molecule has 0 bridgehead atoms. The van der Waals surface area contributed by atoms with Gasteiger partial charge in [0.25, 0.3) is 0 Å². The number of nitrogens with one attached hydrogen (secondary N) is 1. The molecule has 0 aliphatic heterocycles. The molecular formula is C11H20N2O. The number of nitrogens with two attached hydrogens (primary N) is 1. The van der Waals surface area contributed by atoms with E-state index in [1.165, 1.54) is 12.0 Å². The van der Waals surface area contributed by atoms with Gasteiger partial charge in [0.05, 0.1) is 12.5 Å². The average molecular weight is 196 g/mol. The Bertz CT molecular complexity index is 217. The lowest BCUT2D eigenvalue weighted by atomic mass is 10.0. The summed E-state index contributed by atoms with van der Waals surface area (Å²) >= 11 is 0. The van der Waals surface area contributed by atoms with Gasteiger partial charge in [-0.15, -0.1) is 0 Å². The van der Waals surface area contributed by atoms with Crippen molar-refractivity contribution >= 4 is 0 Å². The molecule has 80 valence electrons. The first-order valence-corrected chi connectivity index (χ1v) is 5.28. The summed E-state index contributed by atoms with van der Waals surface area (Å²) in [5, 5.41) is 3.37. The van der Waals surface area contributed by atoms with Crippen molar-refractivity contribution in [3.05, 3.63) is 24.2 Å². The lowest BCUT2D eigenvalue weighted by Gasteiger charge is -2.11. The van der Waals surface area contributed by atoms with Gasteiger partial charge in [-0.2, -0.15) is 0 Å². The normalized spacial score (nSPS) is 13.0. The van der Waals surface area contributed by atoms with Gasteiger partial charge in [0.15, 0.2) is 0 Å². The van der Waals surface area contributed by atoms with Gasteiger partial charge in [-0.25, -0.2) is 0 Å². The van der Waals surface area contributed by atoms with E-state index in [1.807, 2.05) is 6.07 Å². The van der Waals surface area contributed by atoms with E-state index in [0.717, 1.165) is 26.1 Å². The Hall–Kier alpha value is -0.800. The van der Waals surface area contributed by atoms with Crippen LogP contribution in [-0.4, -0.2) is 13.1 Å². The van der Waals surface area contributed by atoms with Gasteiger partial charge in [-0.3, -0.25) is 0 Å². The van der Waals surface area contributed by atoms with Crippen LogP contribution in [0.1, 0.15) is 25.3 Å². The van der Waals surface area contributed by atoms with Crippen molar-refractivity contribution in [2.24, 2.45) is 11.7 Å². The fourth-order valence-electron chi connectivity index (χ4n) is 1.42. The standard InChI is InChI=1S/C11H20N2O/c1-2-10(7-12)3-5-13-8-11-4-6-14-9-11/h4,6,9-10,13H,2-3,5,7-8,12H2,1H3. The molecule has 0 fully saturated rings. The number of furan rings is 1. The van der Waals surface area contributed by atoms with E-state index in [-0.39, 0.29) is 0 Å². The van der Waals surface area contributed by atoms with Gasteiger partial charge in [0, 0.05) is 12.1 Å². The minimum Gasteiger partial charge on any atom is -0.472 e. The van der Waals surface area contributed by atoms with Gasteiger partial charge in [-0.1, -0.05) is 13.3 Å². The molecule has 1 aromatic rings. The Morgan fingerprint density at radius 1 is 1.57 bits per heavy atom. The first-order chi connectivity index (χ1) is 6.86. The van der Waals surface area contributed by atoms with E-state index < -0.39 is 0 Å². The zero-order valence-electron chi connectivity index (χ0n) is 8.83. The van der Waals surface area contributed by atoms with Crippen molar-refractivity contribution in [2.45, 2.75) is 26.3 Å². The number of rotatable bonds is 7. The summed E-state index contributed by atoms with van der Waals surface area (Å²) in [6.07, 6.45) is 5.80. The second kappa shape index (κ2) is 6.62. The summed E-state index contributed by atoms with van der Waals surface area (Å²) in [6, 6.07) is 1.98. The topological polar surface area (TPSA) is 51.2 Å². The Labute approximate surface area is 85.7 Å². The summed E-state index contributed by atoms with van der Waals surface area (Å²) in [5.41, 5.74) is 6.82. The summed E-state index contributed by atoms with van der Waals surface area (Å²) < 4.78 is 4.97. The van der Waals surface area contributed by atoms with Gasteiger partial charge in [-0.05, 0) is 31.5 Å². The van der Waals surface area contributed by atoms with Crippen molar-refractivity contribution < 1.29 is 4.42 Å². The van der Waals surface area contributed by atoms with Crippen LogP contribution in [-0.2, 0) is 6.54 Å². The minimum atomic E-state index is 0.659. The van der Waals surface area contributed by atoms with Crippen LogP contribution in [0.3, 0.4) is 0 Å². The average Bonchev–Trinajstić information content (AvgIpc) is 2.71. The van der Waals surface area contributed by atoms with Crippen LogP contribution in [0.25, 0.3) is 0 Å². The largest absolute Gasteiger partial charge is 0.472 e. The van der Waals surface area contributed by atoms with Crippen LogP contribution < -0.4 is 11.1 Å². The Morgan fingerprint density at radius 3 is 3.00 bits per heavy atom. The van der Waals surface area contributed by atoms with E-state index in [1.54, 1.807) is 12.5 Å². The van der Waals surface area contributed by atoms with Gasteiger partial charge >= 0.3 is 0 Å². The summed E-state index contributed by atoms with van der Waals surface area (Å²) in [4.78, 5) is 0. The molecule has 0 aliphatic rings. The molecule has 3 heteroatoms. The van der Waals surface area contributed by atoms with Crippen LogP contribution in [0.15, 0.2) is 23.0 Å². The maximum absolute atomic E-state index is 5.62. The van der Waals surface area contributed by atoms with E-state index in [0.29, 0.717) is 5.92 Å². The van der Waals surface area contributed by atoms with E-state index >= 15 is 0 Å². The lowest BCUT2D eigenvalue weighted by molar-refractivity contribution is 0.459. The number of hydrogen-bond donors (Lipinski definition) is 2. The molecule has 0 saturated carbocycles. The quantitative estimate of drug-likeness (QED) is 0.653. The Morgan fingerprint density at radius 2 is 2.43 bits per heavy atom. The summed E-state index contributed by atoms with van der Waals surface area (Å²) in [6.45, 7) is 4.90. The molecule has 1 unspecified atom stereocenters. The van der Waals surface area contributed by atoms with Crippen LogP contribution in [0.5, 0.6) is 0 Å². The fraction of sp³-hybridized carbons (Fsp3) is 0.636. The van der Waals surface area contributed by atoms with Gasteiger partial charge in [0.2, 0.25) is 0 Å². The van der Waals surface area contributed by atoms with Gasteiger partial charge in [0.1, 0.15) is 0 Å². The second-order valence-electron chi connectivity index (χ2n) is 3.61. The first-order valence-electron chi connectivity index (χ1n) is 5.28. The lowest BCUT2D eigenvalue weighted by Crippen LogP contribution is -2.21. The monoisotopic (exact) mass is 196 g/mol. The Kier molecular flexibility index (Phi) is 5.33. The SMILES string of the molecule is CCC(CN)CCNCc1ccoc1. The third-order valence-corrected chi connectivity index (χ3v) is 2.55.